The first-order valence-electron chi connectivity index (χ1n) is 13.0. The van der Waals surface area contributed by atoms with Gasteiger partial charge in [0.15, 0.2) is 0 Å². The van der Waals surface area contributed by atoms with Gasteiger partial charge in [0.05, 0.1) is 33.0 Å². The molecule has 14 heteroatoms. The van der Waals surface area contributed by atoms with Crippen LogP contribution in [0.4, 0.5) is 22.2 Å². The number of fused-ring (bicyclic) bond motifs is 1. The molecule has 2 atom stereocenters. The zero-order valence-electron chi connectivity index (χ0n) is 22.5. The van der Waals surface area contributed by atoms with Gasteiger partial charge in [-0.1, -0.05) is 42.6 Å². The van der Waals surface area contributed by atoms with Crippen LogP contribution in [0.15, 0.2) is 36.5 Å². The minimum atomic E-state index is -0.398. The van der Waals surface area contributed by atoms with E-state index in [-0.39, 0.29) is 46.8 Å². The van der Waals surface area contributed by atoms with Crippen molar-refractivity contribution in [1.29, 1.82) is 0 Å². The predicted octanol–water partition coefficient (Wildman–Crippen LogP) is 5.43. The number of aromatic nitrogens is 3. The average Bonchev–Trinajstić information content (AvgIpc) is 3.50. The van der Waals surface area contributed by atoms with Gasteiger partial charge < -0.3 is 20.1 Å². The number of methoxy groups -OCH3 is 2. The van der Waals surface area contributed by atoms with Gasteiger partial charge in [0.1, 0.15) is 32.4 Å². The van der Waals surface area contributed by atoms with Crippen molar-refractivity contribution in [3.63, 3.8) is 0 Å². The third kappa shape index (κ3) is 5.90. The number of hydrogen-bond acceptors (Lipinski definition) is 9. The Morgan fingerprint density at radius 2 is 1.88 bits per heavy atom. The quantitative estimate of drug-likeness (QED) is 0.305. The number of urea groups is 1. The van der Waals surface area contributed by atoms with Crippen LogP contribution in [0.1, 0.15) is 36.3 Å². The summed E-state index contributed by atoms with van der Waals surface area (Å²) in [6, 6.07) is 1.01. The van der Waals surface area contributed by atoms with Gasteiger partial charge in [-0.3, -0.25) is 14.6 Å². The summed E-state index contributed by atoms with van der Waals surface area (Å²) in [5, 5.41) is 9.30. The summed E-state index contributed by atoms with van der Waals surface area (Å²) >= 11 is 14.8. The molecule has 0 unspecified atom stereocenters. The third-order valence-electron chi connectivity index (χ3n) is 7.08. The monoisotopic (exact) mass is 617 g/mol. The van der Waals surface area contributed by atoms with Crippen LogP contribution in [-0.4, -0.2) is 53.2 Å². The molecule has 3 heterocycles. The van der Waals surface area contributed by atoms with Gasteiger partial charge in [0.2, 0.25) is 11.9 Å². The van der Waals surface area contributed by atoms with E-state index in [1.807, 2.05) is 5.38 Å². The Labute approximate surface area is 251 Å². The molecule has 1 aliphatic heterocycles. The number of benzene rings is 1. The number of halogens is 2. The third-order valence-corrected chi connectivity index (χ3v) is 8.57. The van der Waals surface area contributed by atoms with Crippen LogP contribution in [0, 0.1) is 0 Å². The number of amides is 3. The van der Waals surface area contributed by atoms with Crippen molar-refractivity contribution in [1.82, 2.24) is 20.3 Å². The SMILES string of the molecule is C=CC(=O)N[C@H]1CCCC[C@H]1Nc1ncc2c(n1)N(Cc1nccs1)C(=O)N(c1c(Cl)c(OC)cc(OC)c1Cl)C2. The van der Waals surface area contributed by atoms with Crippen molar-refractivity contribution in [3.8, 4) is 11.5 Å². The highest BCUT2D eigenvalue weighted by molar-refractivity contribution is 7.09. The van der Waals surface area contributed by atoms with E-state index < -0.39 is 6.03 Å². The zero-order chi connectivity index (χ0) is 29.1. The first-order chi connectivity index (χ1) is 19.8. The molecule has 3 amide bonds. The van der Waals surface area contributed by atoms with Crippen LogP contribution in [0.25, 0.3) is 0 Å². The van der Waals surface area contributed by atoms with E-state index in [1.165, 1.54) is 41.4 Å². The van der Waals surface area contributed by atoms with Crippen molar-refractivity contribution in [3.05, 3.63) is 57.1 Å². The second-order valence-electron chi connectivity index (χ2n) is 9.54. The second-order valence-corrected chi connectivity index (χ2v) is 11.3. The number of carbonyl (C=O) groups excluding carboxylic acids is 2. The molecular formula is C27H29Cl2N7O4S. The Bertz CT molecular complexity index is 1430. The number of carbonyl (C=O) groups is 2. The van der Waals surface area contributed by atoms with Gasteiger partial charge in [-0.15, -0.1) is 11.3 Å². The fraction of sp³-hybridized carbons (Fsp3) is 0.370. The van der Waals surface area contributed by atoms with Gasteiger partial charge in [0.25, 0.3) is 0 Å². The summed E-state index contributed by atoms with van der Waals surface area (Å²) in [5.74, 6) is 1.21. The molecule has 1 fully saturated rings. The Morgan fingerprint density at radius 1 is 1.17 bits per heavy atom. The number of nitrogens with zero attached hydrogens (tertiary/aromatic N) is 5. The lowest BCUT2D eigenvalue weighted by molar-refractivity contribution is -0.117. The van der Waals surface area contributed by atoms with Crippen molar-refractivity contribution in [2.45, 2.75) is 50.9 Å². The molecule has 3 aromatic rings. The van der Waals surface area contributed by atoms with Crippen molar-refractivity contribution in [2.75, 3.05) is 29.3 Å². The molecule has 0 bridgehead atoms. The summed E-state index contributed by atoms with van der Waals surface area (Å²) in [6.07, 6.45) is 8.32. The molecule has 11 nitrogen and oxygen atoms in total. The topological polar surface area (TPSA) is 122 Å². The minimum absolute atomic E-state index is 0.0734. The molecular weight excluding hydrogens is 589 g/mol. The first-order valence-corrected chi connectivity index (χ1v) is 14.6. The highest BCUT2D eigenvalue weighted by Gasteiger charge is 2.37. The lowest BCUT2D eigenvalue weighted by Gasteiger charge is -2.37. The largest absolute Gasteiger partial charge is 0.495 e. The molecule has 1 aliphatic carbocycles. The molecule has 1 saturated carbocycles. The minimum Gasteiger partial charge on any atom is -0.495 e. The van der Waals surface area contributed by atoms with Crippen LogP contribution < -0.4 is 29.9 Å². The summed E-state index contributed by atoms with van der Waals surface area (Å²) < 4.78 is 10.8. The summed E-state index contributed by atoms with van der Waals surface area (Å²) in [4.78, 5) is 42.8. The molecule has 0 spiro atoms. The highest BCUT2D eigenvalue weighted by atomic mass is 35.5. The normalized spacial score (nSPS) is 18.5. The van der Waals surface area contributed by atoms with Crippen molar-refractivity contribution < 1.29 is 19.1 Å². The van der Waals surface area contributed by atoms with E-state index >= 15 is 0 Å². The Balaban J connectivity index is 1.52. The van der Waals surface area contributed by atoms with E-state index in [1.54, 1.807) is 18.5 Å². The first kappa shape index (κ1) is 28.9. The van der Waals surface area contributed by atoms with Crippen molar-refractivity contribution in [2.24, 2.45) is 0 Å². The smallest absolute Gasteiger partial charge is 0.330 e. The van der Waals surface area contributed by atoms with Crippen LogP contribution in [0.3, 0.4) is 0 Å². The zero-order valence-corrected chi connectivity index (χ0v) is 24.9. The van der Waals surface area contributed by atoms with E-state index in [0.29, 0.717) is 28.8 Å². The summed E-state index contributed by atoms with van der Waals surface area (Å²) in [6.45, 7) is 3.84. The van der Waals surface area contributed by atoms with Gasteiger partial charge >= 0.3 is 6.03 Å². The van der Waals surface area contributed by atoms with Crippen LogP contribution in [0.5, 0.6) is 11.5 Å². The molecule has 216 valence electrons. The maximum Gasteiger partial charge on any atom is 0.330 e. The number of hydrogen-bond donors (Lipinski definition) is 2. The Kier molecular flexibility index (Phi) is 8.81. The highest BCUT2D eigenvalue weighted by Crippen LogP contribution is 2.48. The van der Waals surface area contributed by atoms with E-state index in [2.05, 4.69) is 27.2 Å². The number of thiazole rings is 1. The standard InChI is InChI=1S/C27H29Cl2N7O4S/c1-4-20(37)32-16-7-5-6-8-17(16)33-26-31-12-15-13-35(24-22(28)18(39-2)11-19(40-3)23(24)29)27(38)36(25(15)34-26)14-21-30-9-10-41-21/h4,9-12,16-17H,1,5-8,13-14H2,2-3H3,(H,32,37)(H,31,33,34)/t16-,17+/m0/s1. The lowest BCUT2D eigenvalue weighted by atomic mass is 9.90. The van der Waals surface area contributed by atoms with Gasteiger partial charge in [-0.25, -0.2) is 14.8 Å². The summed E-state index contributed by atoms with van der Waals surface area (Å²) in [5.41, 5.74) is 0.940. The van der Waals surface area contributed by atoms with E-state index in [0.717, 1.165) is 30.7 Å². The maximum absolute atomic E-state index is 14.1. The summed E-state index contributed by atoms with van der Waals surface area (Å²) in [7, 11) is 2.95. The molecule has 5 rings (SSSR count). The van der Waals surface area contributed by atoms with E-state index in [9.17, 15) is 9.59 Å². The second kappa shape index (κ2) is 12.5. The molecule has 1 aromatic carbocycles. The maximum atomic E-state index is 14.1. The fourth-order valence-corrected chi connectivity index (χ4v) is 6.37. The van der Waals surface area contributed by atoms with E-state index in [4.69, 9.17) is 37.7 Å². The average molecular weight is 619 g/mol. The molecule has 0 saturated heterocycles. The molecule has 2 aliphatic rings. The predicted molar refractivity (Wildman–Crippen MR) is 159 cm³/mol. The number of ether oxygens (including phenoxy) is 2. The van der Waals surface area contributed by atoms with Crippen LogP contribution in [0.2, 0.25) is 10.0 Å². The van der Waals surface area contributed by atoms with Gasteiger partial charge in [0, 0.05) is 41.5 Å². The number of anilines is 3. The number of rotatable bonds is 9. The molecule has 41 heavy (non-hydrogen) atoms. The molecule has 2 aromatic heterocycles. The van der Waals surface area contributed by atoms with Crippen LogP contribution in [-0.2, 0) is 17.9 Å². The Hall–Kier alpha value is -3.61. The Morgan fingerprint density at radius 3 is 2.51 bits per heavy atom. The lowest BCUT2D eigenvalue weighted by Crippen LogP contribution is -2.49. The molecule has 2 N–H and O–H groups in total. The molecule has 0 radical (unpaired) electrons. The van der Waals surface area contributed by atoms with Crippen molar-refractivity contribution >= 4 is 63.9 Å². The van der Waals surface area contributed by atoms with Crippen LogP contribution >= 0.6 is 34.5 Å². The fourth-order valence-electron chi connectivity index (χ4n) is 5.06. The number of nitrogens with one attached hydrogen (secondary N) is 2. The van der Waals surface area contributed by atoms with Gasteiger partial charge in [-0.2, -0.15) is 4.98 Å². The van der Waals surface area contributed by atoms with Gasteiger partial charge in [-0.05, 0) is 18.9 Å².